The Morgan fingerprint density at radius 2 is 2.11 bits per heavy atom. The number of anilines is 1. The van der Waals surface area contributed by atoms with Crippen LogP contribution in [0.3, 0.4) is 0 Å². The molecular weight excluding hydrogens is 242 g/mol. The summed E-state index contributed by atoms with van der Waals surface area (Å²) in [6, 6.07) is 6.69. The zero-order valence-corrected chi connectivity index (χ0v) is 11.7. The van der Waals surface area contributed by atoms with Gasteiger partial charge in [0, 0.05) is 5.54 Å². The van der Waals surface area contributed by atoms with Crippen LogP contribution in [0, 0.1) is 11.3 Å². The first-order valence-electron chi connectivity index (χ1n) is 6.01. The van der Waals surface area contributed by atoms with E-state index in [1.54, 1.807) is 19.1 Å². The molecule has 1 aromatic rings. The molecule has 102 valence electrons. The van der Waals surface area contributed by atoms with Crippen molar-refractivity contribution in [2.45, 2.75) is 39.3 Å². The van der Waals surface area contributed by atoms with Gasteiger partial charge in [-0.15, -0.1) is 0 Å². The van der Waals surface area contributed by atoms with E-state index in [0.29, 0.717) is 17.0 Å². The summed E-state index contributed by atoms with van der Waals surface area (Å²) in [7, 11) is 0. The van der Waals surface area contributed by atoms with Crippen molar-refractivity contribution in [3.8, 4) is 11.8 Å². The second-order valence-corrected chi connectivity index (χ2v) is 5.36. The van der Waals surface area contributed by atoms with Crippen molar-refractivity contribution >= 4 is 11.6 Å². The number of nitrogens with two attached hydrogens (primary N) is 1. The minimum Gasteiger partial charge on any atom is -0.479 e. The third-order valence-electron chi connectivity index (χ3n) is 2.31. The Bertz CT molecular complexity index is 512. The van der Waals surface area contributed by atoms with E-state index in [4.69, 9.17) is 15.7 Å². The van der Waals surface area contributed by atoms with E-state index < -0.39 is 6.10 Å². The second kappa shape index (κ2) is 5.61. The summed E-state index contributed by atoms with van der Waals surface area (Å²) < 4.78 is 5.51. The summed E-state index contributed by atoms with van der Waals surface area (Å²) in [5.41, 5.74) is 6.25. The van der Waals surface area contributed by atoms with Crippen molar-refractivity contribution < 1.29 is 9.53 Å². The zero-order chi connectivity index (χ0) is 14.6. The lowest BCUT2D eigenvalue weighted by molar-refractivity contribution is -0.128. The van der Waals surface area contributed by atoms with Crippen LogP contribution in [0.5, 0.6) is 5.75 Å². The summed E-state index contributed by atoms with van der Waals surface area (Å²) >= 11 is 0. The highest BCUT2D eigenvalue weighted by Crippen LogP contribution is 2.23. The number of ether oxygens (including phenoxy) is 1. The number of nitriles is 1. The number of amides is 1. The Kier molecular flexibility index (Phi) is 4.38. The van der Waals surface area contributed by atoms with Gasteiger partial charge >= 0.3 is 0 Å². The number of benzene rings is 1. The third kappa shape index (κ3) is 4.51. The van der Waals surface area contributed by atoms with Crippen LogP contribution in [0.4, 0.5) is 5.69 Å². The fraction of sp³-hybridized carbons (Fsp3) is 0.429. The van der Waals surface area contributed by atoms with E-state index in [0.717, 1.165) is 0 Å². The highest BCUT2D eigenvalue weighted by molar-refractivity contribution is 5.81. The standard InChI is InChI=1S/C14H19N3O2/c1-9(13(18)17-14(2,3)4)19-12-6-5-10(8-15)7-11(12)16/h5-7,9H,16H2,1-4H3,(H,17,18). The molecule has 0 saturated heterocycles. The average Bonchev–Trinajstić information content (AvgIpc) is 2.29. The first kappa shape index (κ1) is 14.8. The van der Waals surface area contributed by atoms with Crippen molar-refractivity contribution in [3.05, 3.63) is 23.8 Å². The van der Waals surface area contributed by atoms with Crippen LogP contribution in [-0.2, 0) is 4.79 Å². The molecule has 0 fully saturated rings. The molecule has 1 atom stereocenters. The molecule has 1 amide bonds. The number of nitrogens with one attached hydrogen (secondary N) is 1. The largest absolute Gasteiger partial charge is 0.479 e. The van der Waals surface area contributed by atoms with Crippen LogP contribution < -0.4 is 15.8 Å². The van der Waals surface area contributed by atoms with Crippen molar-refractivity contribution in [1.29, 1.82) is 5.26 Å². The Balaban J connectivity index is 2.75. The first-order chi connectivity index (χ1) is 8.73. The number of nitrogen functional groups attached to an aromatic ring is 1. The maximum Gasteiger partial charge on any atom is 0.261 e. The molecule has 5 heteroatoms. The average molecular weight is 261 g/mol. The normalized spacial score (nSPS) is 12.4. The van der Waals surface area contributed by atoms with Gasteiger partial charge in [0.05, 0.1) is 17.3 Å². The molecule has 0 aliphatic rings. The number of hydrogen-bond acceptors (Lipinski definition) is 4. The second-order valence-electron chi connectivity index (χ2n) is 5.36. The third-order valence-corrected chi connectivity index (χ3v) is 2.31. The van der Waals surface area contributed by atoms with Gasteiger partial charge in [0.2, 0.25) is 0 Å². The van der Waals surface area contributed by atoms with Crippen LogP contribution >= 0.6 is 0 Å². The van der Waals surface area contributed by atoms with Crippen molar-refractivity contribution in [1.82, 2.24) is 5.32 Å². The Morgan fingerprint density at radius 3 is 2.58 bits per heavy atom. The molecule has 0 aromatic heterocycles. The number of rotatable bonds is 3. The van der Waals surface area contributed by atoms with Crippen LogP contribution in [0.25, 0.3) is 0 Å². The summed E-state index contributed by atoms with van der Waals surface area (Å²) in [5.74, 6) is 0.187. The van der Waals surface area contributed by atoms with Crippen molar-refractivity contribution in [2.24, 2.45) is 0 Å². The molecule has 0 radical (unpaired) electrons. The van der Waals surface area contributed by atoms with Gasteiger partial charge in [-0.25, -0.2) is 0 Å². The monoisotopic (exact) mass is 261 g/mol. The lowest BCUT2D eigenvalue weighted by Crippen LogP contribution is -2.46. The van der Waals surface area contributed by atoms with Crippen LogP contribution in [0.2, 0.25) is 0 Å². The van der Waals surface area contributed by atoms with Gasteiger partial charge in [0.25, 0.3) is 5.91 Å². The maximum atomic E-state index is 11.9. The molecule has 0 aliphatic carbocycles. The quantitative estimate of drug-likeness (QED) is 0.812. The smallest absolute Gasteiger partial charge is 0.261 e. The molecule has 19 heavy (non-hydrogen) atoms. The molecule has 0 bridgehead atoms. The molecular formula is C14H19N3O2. The molecule has 0 spiro atoms. The molecule has 0 heterocycles. The van der Waals surface area contributed by atoms with E-state index in [1.165, 1.54) is 6.07 Å². The molecule has 3 N–H and O–H groups in total. The molecule has 1 unspecified atom stereocenters. The van der Waals surface area contributed by atoms with Crippen LogP contribution in [0.15, 0.2) is 18.2 Å². The van der Waals surface area contributed by atoms with E-state index in [-0.39, 0.29) is 11.4 Å². The van der Waals surface area contributed by atoms with Crippen molar-refractivity contribution in [3.63, 3.8) is 0 Å². The Morgan fingerprint density at radius 1 is 1.47 bits per heavy atom. The fourth-order valence-corrected chi connectivity index (χ4v) is 1.44. The molecule has 1 rings (SSSR count). The minimum atomic E-state index is -0.658. The SMILES string of the molecule is CC(Oc1ccc(C#N)cc1N)C(=O)NC(C)(C)C. The number of nitrogens with zero attached hydrogens (tertiary/aromatic N) is 1. The van der Waals surface area contributed by atoms with E-state index in [1.807, 2.05) is 26.8 Å². The van der Waals surface area contributed by atoms with Gasteiger partial charge < -0.3 is 15.8 Å². The van der Waals surface area contributed by atoms with Gasteiger partial charge in [-0.1, -0.05) is 0 Å². The van der Waals surface area contributed by atoms with Gasteiger partial charge in [0.1, 0.15) is 5.75 Å². The predicted molar refractivity (Wildman–Crippen MR) is 73.6 cm³/mol. The molecule has 0 saturated carbocycles. The Labute approximate surface area is 113 Å². The molecule has 1 aromatic carbocycles. The number of carbonyl (C=O) groups excluding carboxylic acids is 1. The minimum absolute atomic E-state index is 0.212. The fourth-order valence-electron chi connectivity index (χ4n) is 1.44. The van der Waals surface area contributed by atoms with Gasteiger partial charge in [0.15, 0.2) is 6.10 Å². The Hall–Kier alpha value is -2.22. The van der Waals surface area contributed by atoms with Gasteiger partial charge in [-0.2, -0.15) is 5.26 Å². The van der Waals surface area contributed by atoms with Gasteiger partial charge in [-0.05, 0) is 45.9 Å². The van der Waals surface area contributed by atoms with Gasteiger partial charge in [-0.3, -0.25) is 4.79 Å². The predicted octanol–water partition coefficient (Wildman–Crippen LogP) is 1.82. The van der Waals surface area contributed by atoms with E-state index in [2.05, 4.69) is 5.32 Å². The zero-order valence-electron chi connectivity index (χ0n) is 11.7. The van der Waals surface area contributed by atoms with Crippen LogP contribution in [-0.4, -0.2) is 17.6 Å². The topological polar surface area (TPSA) is 88.1 Å². The van der Waals surface area contributed by atoms with E-state index in [9.17, 15) is 4.79 Å². The van der Waals surface area contributed by atoms with E-state index >= 15 is 0 Å². The lowest BCUT2D eigenvalue weighted by Gasteiger charge is -2.24. The summed E-state index contributed by atoms with van der Waals surface area (Å²) in [5, 5.41) is 11.6. The summed E-state index contributed by atoms with van der Waals surface area (Å²) in [6.45, 7) is 7.34. The van der Waals surface area contributed by atoms with Crippen LogP contribution in [0.1, 0.15) is 33.3 Å². The highest BCUT2D eigenvalue weighted by Gasteiger charge is 2.21. The molecule has 5 nitrogen and oxygen atoms in total. The molecule has 0 aliphatic heterocycles. The summed E-state index contributed by atoms with van der Waals surface area (Å²) in [6.07, 6.45) is -0.658. The number of hydrogen-bond donors (Lipinski definition) is 2. The lowest BCUT2D eigenvalue weighted by atomic mass is 10.1. The van der Waals surface area contributed by atoms with Crippen molar-refractivity contribution in [2.75, 3.05) is 5.73 Å². The maximum absolute atomic E-state index is 11.9. The highest BCUT2D eigenvalue weighted by atomic mass is 16.5. The number of carbonyl (C=O) groups is 1. The first-order valence-corrected chi connectivity index (χ1v) is 6.01. The summed E-state index contributed by atoms with van der Waals surface area (Å²) in [4.78, 5) is 11.9.